The molecular weight excluding hydrogens is 410 g/mol. The molecule has 0 saturated heterocycles. The molecule has 0 atom stereocenters. The zero-order valence-electron chi connectivity index (χ0n) is 17.4. The fraction of sp³-hybridized carbons (Fsp3) is 0.368. The quantitative estimate of drug-likeness (QED) is 0.555. The van der Waals surface area contributed by atoms with Gasteiger partial charge in [-0.25, -0.2) is 12.7 Å². The zero-order valence-corrected chi connectivity index (χ0v) is 18.2. The van der Waals surface area contributed by atoms with Crippen LogP contribution < -0.4 is 9.04 Å². The lowest BCUT2D eigenvalue weighted by atomic mass is 10.2. The number of hydrogen-bond donors (Lipinski definition) is 0. The van der Waals surface area contributed by atoms with Crippen molar-refractivity contribution in [2.45, 2.75) is 26.7 Å². The number of aromatic nitrogens is 4. The van der Waals surface area contributed by atoms with E-state index in [0.717, 1.165) is 16.1 Å². The van der Waals surface area contributed by atoms with Gasteiger partial charge in [0.05, 0.1) is 24.8 Å². The van der Waals surface area contributed by atoms with Crippen molar-refractivity contribution in [1.82, 2.24) is 19.9 Å². The van der Waals surface area contributed by atoms with E-state index in [2.05, 4.69) is 15.2 Å². The lowest BCUT2D eigenvalue weighted by molar-refractivity contribution is -0.117. The Balaban J connectivity index is 1.77. The number of ether oxygens (including phenoxy) is 1. The molecule has 0 unspecified atom stereocenters. The number of methoxy groups -OCH3 is 1. The molecule has 1 amide bonds. The van der Waals surface area contributed by atoms with Crippen molar-refractivity contribution in [3.63, 3.8) is 0 Å². The molecule has 0 fully saturated rings. The molecule has 0 aliphatic heterocycles. The van der Waals surface area contributed by atoms with Gasteiger partial charge in [0.1, 0.15) is 11.4 Å². The van der Waals surface area contributed by atoms with Gasteiger partial charge in [0.2, 0.25) is 27.6 Å². The number of carbonyl (C=O) groups excluding carboxylic acids is 1. The fourth-order valence-electron chi connectivity index (χ4n) is 3.06. The molecule has 10 nitrogen and oxygen atoms in total. The van der Waals surface area contributed by atoms with Crippen LogP contribution in [0.15, 0.2) is 28.8 Å². The van der Waals surface area contributed by atoms with Gasteiger partial charge in [-0.2, -0.15) is 10.1 Å². The zero-order chi connectivity index (χ0) is 22.1. The predicted octanol–water partition coefficient (Wildman–Crippen LogP) is 2.02. The van der Waals surface area contributed by atoms with Crippen LogP contribution in [0, 0.1) is 13.8 Å². The van der Waals surface area contributed by atoms with E-state index < -0.39 is 15.9 Å². The van der Waals surface area contributed by atoms with Crippen LogP contribution in [-0.4, -0.2) is 47.6 Å². The molecule has 0 aliphatic rings. The van der Waals surface area contributed by atoms with Crippen molar-refractivity contribution in [3.8, 4) is 17.1 Å². The van der Waals surface area contributed by atoms with E-state index in [1.165, 1.54) is 4.68 Å². The molecule has 0 N–H and O–H groups in total. The highest BCUT2D eigenvalue weighted by atomic mass is 32.2. The molecule has 0 radical (unpaired) electrons. The van der Waals surface area contributed by atoms with Crippen molar-refractivity contribution in [2.75, 3.05) is 17.7 Å². The van der Waals surface area contributed by atoms with E-state index in [0.29, 0.717) is 23.0 Å². The Morgan fingerprint density at radius 2 is 1.90 bits per heavy atom. The Hall–Kier alpha value is -3.21. The van der Waals surface area contributed by atoms with Crippen LogP contribution in [0.1, 0.15) is 23.7 Å². The SMILES string of the molecule is COc1ccc(-c2noc(CCC(=O)N(c3c(C)nn(C)c3C)S(C)(=O)=O)n2)cc1. The standard InChI is InChI=1S/C19H23N5O5S/c1-12-18(13(2)23(3)21-12)24(30(5,26)27)17(25)11-10-16-20-19(22-29-16)14-6-8-15(28-4)9-7-14/h6-9H,10-11H2,1-5H3. The summed E-state index contributed by atoms with van der Waals surface area (Å²) in [6.45, 7) is 3.37. The summed E-state index contributed by atoms with van der Waals surface area (Å²) in [4.78, 5) is 17.1. The second-order valence-corrected chi connectivity index (χ2v) is 8.64. The minimum atomic E-state index is -3.85. The molecule has 2 aromatic heterocycles. The van der Waals surface area contributed by atoms with Gasteiger partial charge in [0, 0.05) is 25.5 Å². The second kappa shape index (κ2) is 8.27. The molecular formula is C19H23N5O5S. The summed E-state index contributed by atoms with van der Waals surface area (Å²) >= 11 is 0. The van der Waals surface area contributed by atoms with Gasteiger partial charge < -0.3 is 9.26 Å². The number of aryl methyl sites for hydroxylation is 3. The number of carbonyl (C=O) groups is 1. The monoisotopic (exact) mass is 433 g/mol. The summed E-state index contributed by atoms with van der Waals surface area (Å²) in [5.74, 6) is 0.720. The van der Waals surface area contributed by atoms with E-state index in [-0.39, 0.29) is 24.4 Å². The average Bonchev–Trinajstić information content (AvgIpc) is 3.26. The highest BCUT2D eigenvalue weighted by molar-refractivity contribution is 7.92. The Morgan fingerprint density at radius 1 is 1.23 bits per heavy atom. The molecule has 0 saturated carbocycles. The minimum absolute atomic E-state index is 0.104. The third kappa shape index (κ3) is 4.35. The van der Waals surface area contributed by atoms with Crippen molar-refractivity contribution >= 4 is 21.6 Å². The van der Waals surface area contributed by atoms with Crippen molar-refractivity contribution in [1.29, 1.82) is 0 Å². The molecule has 0 bridgehead atoms. The van der Waals surface area contributed by atoms with Gasteiger partial charge in [-0.05, 0) is 38.1 Å². The first kappa shape index (κ1) is 21.5. The van der Waals surface area contributed by atoms with Crippen molar-refractivity contribution < 1.29 is 22.5 Å². The van der Waals surface area contributed by atoms with Crippen LogP contribution in [0.2, 0.25) is 0 Å². The van der Waals surface area contributed by atoms with Crippen LogP contribution in [0.3, 0.4) is 0 Å². The lowest BCUT2D eigenvalue weighted by Crippen LogP contribution is -2.37. The number of anilines is 1. The number of nitrogens with zero attached hydrogens (tertiary/aromatic N) is 5. The Labute approximate surface area is 174 Å². The van der Waals surface area contributed by atoms with Crippen LogP contribution in [0.25, 0.3) is 11.4 Å². The van der Waals surface area contributed by atoms with Gasteiger partial charge >= 0.3 is 0 Å². The summed E-state index contributed by atoms with van der Waals surface area (Å²) < 4.78 is 37.4. The van der Waals surface area contributed by atoms with Crippen molar-refractivity contribution in [2.24, 2.45) is 7.05 Å². The van der Waals surface area contributed by atoms with Crippen LogP contribution >= 0.6 is 0 Å². The summed E-state index contributed by atoms with van der Waals surface area (Å²) in [6, 6.07) is 7.13. The topological polar surface area (TPSA) is 120 Å². The molecule has 160 valence electrons. The fourth-order valence-corrected chi connectivity index (χ4v) is 4.12. The maximum atomic E-state index is 12.8. The third-order valence-electron chi connectivity index (χ3n) is 4.60. The molecule has 0 spiro atoms. The van der Waals surface area contributed by atoms with Gasteiger partial charge in [0.15, 0.2) is 0 Å². The molecule has 0 aliphatic carbocycles. The summed E-state index contributed by atoms with van der Waals surface area (Å²) in [7, 11) is -0.579. The average molecular weight is 433 g/mol. The number of benzene rings is 1. The Morgan fingerprint density at radius 3 is 2.43 bits per heavy atom. The van der Waals surface area contributed by atoms with Gasteiger partial charge in [-0.15, -0.1) is 0 Å². The molecule has 11 heteroatoms. The first-order chi connectivity index (χ1) is 14.1. The maximum absolute atomic E-state index is 12.8. The molecule has 30 heavy (non-hydrogen) atoms. The van der Waals surface area contributed by atoms with E-state index in [1.54, 1.807) is 52.3 Å². The third-order valence-corrected chi connectivity index (χ3v) is 5.65. The smallest absolute Gasteiger partial charge is 0.241 e. The van der Waals surface area contributed by atoms with E-state index >= 15 is 0 Å². The normalized spacial score (nSPS) is 11.5. The van der Waals surface area contributed by atoms with E-state index in [4.69, 9.17) is 9.26 Å². The van der Waals surface area contributed by atoms with Gasteiger partial charge in [-0.3, -0.25) is 9.48 Å². The highest BCUT2D eigenvalue weighted by Crippen LogP contribution is 2.27. The lowest BCUT2D eigenvalue weighted by Gasteiger charge is -2.20. The summed E-state index contributed by atoms with van der Waals surface area (Å²) in [5, 5.41) is 8.12. The maximum Gasteiger partial charge on any atom is 0.241 e. The summed E-state index contributed by atoms with van der Waals surface area (Å²) in [6.07, 6.45) is 0.975. The highest BCUT2D eigenvalue weighted by Gasteiger charge is 2.30. The number of sulfonamides is 1. The second-order valence-electron chi connectivity index (χ2n) is 6.80. The Kier molecular flexibility index (Phi) is 5.92. The first-order valence-electron chi connectivity index (χ1n) is 9.12. The molecule has 1 aromatic carbocycles. The predicted molar refractivity (Wildman–Crippen MR) is 110 cm³/mol. The van der Waals surface area contributed by atoms with Gasteiger partial charge in [0.25, 0.3) is 0 Å². The summed E-state index contributed by atoms with van der Waals surface area (Å²) in [5.41, 5.74) is 2.03. The van der Waals surface area contributed by atoms with E-state index in [9.17, 15) is 13.2 Å². The van der Waals surface area contributed by atoms with Crippen LogP contribution in [0.5, 0.6) is 5.75 Å². The molecule has 3 rings (SSSR count). The van der Waals surface area contributed by atoms with Crippen molar-refractivity contribution in [3.05, 3.63) is 41.5 Å². The van der Waals surface area contributed by atoms with E-state index in [1.807, 2.05) is 0 Å². The Bertz CT molecular complexity index is 1160. The molecule has 2 heterocycles. The van der Waals surface area contributed by atoms with Gasteiger partial charge in [-0.1, -0.05) is 5.16 Å². The van der Waals surface area contributed by atoms with Crippen LogP contribution in [0.4, 0.5) is 5.69 Å². The first-order valence-corrected chi connectivity index (χ1v) is 11.0. The number of amides is 1. The largest absolute Gasteiger partial charge is 0.497 e. The minimum Gasteiger partial charge on any atom is -0.497 e. The molecule has 3 aromatic rings. The number of rotatable bonds is 7. The van der Waals surface area contributed by atoms with Crippen LogP contribution in [-0.2, 0) is 28.3 Å². The number of hydrogen-bond acceptors (Lipinski definition) is 8.